The van der Waals surface area contributed by atoms with Crippen molar-refractivity contribution in [2.75, 3.05) is 13.7 Å². The Morgan fingerprint density at radius 3 is 2.61 bits per heavy atom. The molecule has 5 nitrogen and oxygen atoms in total. The number of nitrogens with one attached hydrogen (secondary N) is 1. The van der Waals surface area contributed by atoms with Gasteiger partial charge in [0.25, 0.3) is 0 Å². The third kappa shape index (κ3) is 4.73. The number of benzene rings is 1. The van der Waals surface area contributed by atoms with E-state index in [0.717, 1.165) is 5.56 Å². The van der Waals surface area contributed by atoms with Crippen LogP contribution < -0.4 is 5.32 Å². The predicted molar refractivity (Wildman–Crippen MR) is 67.1 cm³/mol. The molecule has 0 aromatic heterocycles. The number of hydrogen-bond donors (Lipinski definition) is 2. The maximum absolute atomic E-state index is 11.5. The first-order valence-electron chi connectivity index (χ1n) is 5.78. The summed E-state index contributed by atoms with van der Waals surface area (Å²) in [7, 11) is 1.52. The summed E-state index contributed by atoms with van der Waals surface area (Å²) in [6.45, 7) is 1.76. The zero-order valence-corrected chi connectivity index (χ0v) is 10.6. The molecule has 18 heavy (non-hydrogen) atoms. The van der Waals surface area contributed by atoms with Gasteiger partial charge in [0.2, 0.25) is 0 Å². The molecule has 1 rings (SSSR count). The molecule has 2 N–H and O–H groups in total. The number of methoxy groups -OCH3 is 1. The molecule has 2 atom stereocenters. The predicted octanol–water partition coefficient (Wildman–Crippen LogP) is 1.31. The summed E-state index contributed by atoms with van der Waals surface area (Å²) in [6, 6.07) is 8.91. The number of carbonyl (C=O) groups excluding carboxylic acids is 1. The highest BCUT2D eigenvalue weighted by atomic mass is 16.5. The number of hydrogen-bond acceptors (Lipinski definition) is 4. The van der Waals surface area contributed by atoms with Crippen molar-refractivity contribution < 1.29 is 19.4 Å². The lowest BCUT2D eigenvalue weighted by Crippen LogP contribution is -2.45. The van der Waals surface area contributed by atoms with Crippen LogP contribution in [-0.4, -0.2) is 37.1 Å². The molecule has 1 aromatic carbocycles. The summed E-state index contributed by atoms with van der Waals surface area (Å²) in [6.07, 6.45) is -0.846. The Balaban J connectivity index is 2.37. The van der Waals surface area contributed by atoms with Crippen LogP contribution in [0.25, 0.3) is 0 Å². The molecule has 0 heterocycles. The van der Waals surface area contributed by atoms with Crippen molar-refractivity contribution in [3.8, 4) is 0 Å². The van der Waals surface area contributed by atoms with Gasteiger partial charge in [-0.1, -0.05) is 30.3 Å². The number of amides is 1. The first kappa shape index (κ1) is 14.5. The molecule has 1 aromatic rings. The Kier molecular flexibility index (Phi) is 6.18. The Morgan fingerprint density at radius 2 is 2.06 bits per heavy atom. The average molecular weight is 253 g/mol. The van der Waals surface area contributed by atoms with E-state index in [4.69, 9.17) is 14.6 Å². The monoisotopic (exact) mass is 253 g/mol. The summed E-state index contributed by atoms with van der Waals surface area (Å²) in [5, 5.41) is 11.7. The van der Waals surface area contributed by atoms with Crippen LogP contribution in [0.1, 0.15) is 12.5 Å². The number of ether oxygens (including phenoxy) is 2. The van der Waals surface area contributed by atoms with Crippen LogP contribution >= 0.6 is 0 Å². The van der Waals surface area contributed by atoms with E-state index in [1.54, 1.807) is 6.92 Å². The van der Waals surface area contributed by atoms with Crippen molar-refractivity contribution in [2.45, 2.75) is 25.7 Å². The molecule has 0 radical (unpaired) electrons. The average Bonchev–Trinajstić information content (AvgIpc) is 2.42. The van der Waals surface area contributed by atoms with Gasteiger partial charge in [-0.05, 0) is 12.5 Å². The van der Waals surface area contributed by atoms with E-state index in [-0.39, 0.29) is 19.3 Å². The quantitative estimate of drug-likeness (QED) is 0.802. The number of rotatable bonds is 6. The van der Waals surface area contributed by atoms with Crippen molar-refractivity contribution in [1.29, 1.82) is 0 Å². The Bertz CT molecular complexity index is 355. The molecule has 0 saturated heterocycles. The van der Waals surface area contributed by atoms with E-state index in [1.165, 1.54) is 7.11 Å². The van der Waals surface area contributed by atoms with Gasteiger partial charge in [-0.2, -0.15) is 0 Å². The largest absolute Gasteiger partial charge is 0.445 e. The second-order valence-corrected chi connectivity index (χ2v) is 3.94. The van der Waals surface area contributed by atoms with Gasteiger partial charge >= 0.3 is 6.09 Å². The normalized spacial score (nSPS) is 13.7. The molecule has 0 aliphatic heterocycles. The molecule has 0 bridgehead atoms. The van der Waals surface area contributed by atoms with Crippen LogP contribution in [0.15, 0.2) is 30.3 Å². The second kappa shape index (κ2) is 7.68. The minimum absolute atomic E-state index is 0.199. The third-order valence-electron chi connectivity index (χ3n) is 2.65. The second-order valence-electron chi connectivity index (χ2n) is 3.94. The number of aliphatic hydroxyl groups is 1. The van der Waals surface area contributed by atoms with Gasteiger partial charge in [0.1, 0.15) is 6.61 Å². The number of alkyl carbamates (subject to hydrolysis) is 1. The molecule has 1 unspecified atom stereocenters. The molecular weight excluding hydrogens is 234 g/mol. The standard InChI is InChI=1S/C13H19NO4/c1-10(17-2)12(8-15)14-13(16)18-9-11-6-4-3-5-7-11/h3-7,10,12,15H,8-9H2,1-2H3,(H,14,16)/t10-,12?/m0/s1. The first-order chi connectivity index (χ1) is 8.67. The van der Waals surface area contributed by atoms with Crippen molar-refractivity contribution >= 4 is 6.09 Å². The van der Waals surface area contributed by atoms with Gasteiger partial charge in [-0.25, -0.2) is 4.79 Å². The third-order valence-corrected chi connectivity index (χ3v) is 2.65. The maximum atomic E-state index is 11.5. The summed E-state index contributed by atoms with van der Waals surface area (Å²) in [5.41, 5.74) is 0.910. The molecule has 0 aliphatic carbocycles. The first-order valence-corrected chi connectivity index (χ1v) is 5.78. The molecule has 0 fully saturated rings. The molecular formula is C13H19NO4. The van der Waals surface area contributed by atoms with Gasteiger partial charge in [0.05, 0.1) is 18.8 Å². The fraction of sp³-hybridized carbons (Fsp3) is 0.462. The highest BCUT2D eigenvalue weighted by molar-refractivity contribution is 5.67. The minimum atomic E-state index is -0.568. The number of carbonyl (C=O) groups is 1. The van der Waals surface area contributed by atoms with E-state index in [0.29, 0.717) is 0 Å². The van der Waals surface area contributed by atoms with E-state index in [1.807, 2.05) is 30.3 Å². The van der Waals surface area contributed by atoms with E-state index in [9.17, 15) is 4.79 Å². The maximum Gasteiger partial charge on any atom is 0.407 e. The van der Waals surface area contributed by atoms with Gasteiger partial charge in [-0.15, -0.1) is 0 Å². The topological polar surface area (TPSA) is 67.8 Å². The van der Waals surface area contributed by atoms with Crippen molar-refractivity contribution in [3.63, 3.8) is 0 Å². The lowest BCUT2D eigenvalue weighted by atomic mass is 10.2. The highest BCUT2D eigenvalue weighted by Crippen LogP contribution is 2.02. The zero-order valence-electron chi connectivity index (χ0n) is 10.6. The lowest BCUT2D eigenvalue weighted by molar-refractivity contribution is 0.0527. The lowest BCUT2D eigenvalue weighted by Gasteiger charge is -2.21. The summed E-state index contributed by atoms with van der Waals surface area (Å²) >= 11 is 0. The SMILES string of the molecule is CO[C@@H](C)C(CO)NC(=O)OCc1ccccc1. The van der Waals surface area contributed by atoms with Crippen LogP contribution in [0, 0.1) is 0 Å². The van der Waals surface area contributed by atoms with Crippen LogP contribution in [-0.2, 0) is 16.1 Å². The zero-order chi connectivity index (χ0) is 13.4. The van der Waals surface area contributed by atoms with E-state index >= 15 is 0 Å². The van der Waals surface area contributed by atoms with Crippen LogP contribution in [0.2, 0.25) is 0 Å². The van der Waals surface area contributed by atoms with Gasteiger partial charge < -0.3 is 19.9 Å². The van der Waals surface area contributed by atoms with Crippen LogP contribution in [0.4, 0.5) is 4.79 Å². The fourth-order valence-electron chi connectivity index (χ4n) is 1.39. The molecule has 1 amide bonds. The summed E-state index contributed by atoms with van der Waals surface area (Å²) in [5.74, 6) is 0. The fourth-order valence-corrected chi connectivity index (χ4v) is 1.39. The minimum Gasteiger partial charge on any atom is -0.445 e. The Labute approximate surface area is 107 Å². The van der Waals surface area contributed by atoms with Crippen molar-refractivity contribution in [2.24, 2.45) is 0 Å². The van der Waals surface area contributed by atoms with Gasteiger partial charge in [0, 0.05) is 7.11 Å². The summed E-state index contributed by atoms with van der Waals surface area (Å²) < 4.78 is 10.1. The molecule has 5 heteroatoms. The highest BCUT2D eigenvalue weighted by Gasteiger charge is 2.18. The molecule has 0 saturated carbocycles. The number of aliphatic hydroxyl groups excluding tert-OH is 1. The van der Waals surface area contributed by atoms with Crippen molar-refractivity contribution in [1.82, 2.24) is 5.32 Å². The summed E-state index contributed by atoms with van der Waals surface area (Å²) in [4.78, 5) is 11.5. The van der Waals surface area contributed by atoms with Gasteiger partial charge in [-0.3, -0.25) is 0 Å². The van der Waals surface area contributed by atoms with Crippen LogP contribution in [0.3, 0.4) is 0 Å². The van der Waals surface area contributed by atoms with Gasteiger partial charge in [0.15, 0.2) is 0 Å². The van der Waals surface area contributed by atoms with E-state index < -0.39 is 12.1 Å². The van der Waals surface area contributed by atoms with E-state index in [2.05, 4.69) is 5.32 Å². The van der Waals surface area contributed by atoms with Crippen LogP contribution in [0.5, 0.6) is 0 Å². The molecule has 100 valence electrons. The Hall–Kier alpha value is -1.59. The smallest absolute Gasteiger partial charge is 0.407 e. The Morgan fingerprint density at radius 1 is 1.39 bits per heavy atom. The molecule has 0 aliphatic rings. The molecule has 0 spiro atoms. The van der Waals surface area contributed by atoms with Crippen molar-refractivity contribution in [3.05, 3.63) is 35.9 Å².